The van der Waals surface area contributed by atoms with E-state index in [1.54, 1.807) is 19.2 Å². The van der Waals surface area contributed by atoms with E-state index in [0.717, 1.165) is 5.56 Å². The molecule has 0 amide bonds. The Labute approximate surface area is 95.3 Å². The van der Waals surface area contributed by atoms with Crippen molar-refractivity contribution in [1.82, 2.24) is 0 Å². The summed E-state index contributed by atoms with van der Waals surface area (Å²) in [5, 5.41) is 0. The molecule has 16 heavy (non-hydrogen) atoms. The average Bonchev–Trinajstić information content (AvgIpc) is 2.34. The number of hydrogen-bond donors (Lipinski definition) is 1. The fraction of sp³-hybridized carbons (Fsp3) is 0.417. The molecule has 0 unspecified atom stereocenters. The Morgan fingerprint density at radius 3 is 2.62 bits per heavy atom. The summed E-state index contributed by atoms with van der Waals surface area (Å²) < 4.78 is 9.86. The lowest BCUT2D eigenvalue weighted by Crippen LogP contribution is -2.24. The lowest BCUT2D eigenvalue weighted by atomic mass is 10.1. The van der Waals surface area contributed by atoms with Gasteiger partial charge in [0.15, 0.2) is 0 Å². The molecule has 2 N–H and O–H groups in total. The fourth-order valence-electron chi connectivity index (χ4n) is 1.26. The second kappa shape index (κ2) is 6.98. The molecule has 0 aliphatic heterocycles. The average molecular weight is 223 g/mol. The largest absolute Gasteiger partial charge is 0.464 e. The summed E-state index contributed by atoms with van der Waals surface area (Å²) in [7, 11) is 1.61. The van der Waals surface area contributed by atoms with E-state index in [1.165, 1.54) is 0 Å². The summed E-state index contributed by atoms with van der Waals surface area (Å²) in [6.07, 6.45) is 0.684. The summed E-state index contributed by atoms with van der Waals surface area (Å²) in [6, 6.07) is 8.46. The normalized spacial score (nSPS) is 12.1. The van der Waals surface area contributed by atoms with Crippen molar-refractivity contribution in [2.45, 2.75) is 12.5 Å². The van der Waals surface area contributed by atoms with Crippen LogP contribution in [-0.4, -0.2) is 26.3 Å². The van der Waals surface area contributed by atoms with E-state index in [1.807, 2.05) is 18.2 Å². The minimum absolute atomic E-state index is 0.340. The van der Waals surface area contributed by atoms with Crippen molar-refractivity contribution in [1.29, 1.82) is 0 Å². The lowest BCUT2D eigenvalue weighted by Gasteiger charge is -2.11. The minimum Gasteiger partial charge on any atom is -0.464 e. The summed E-state index contributed by atoms with van der Waals surface area (Å²) in [5.74, 6) is -0.401. The molecule has 0 aliphatic rings. The quantitative estimate of drug-likeness (QED) is 0.582. The number of benzene rings is 1. The molecule has 1 atom stereocenters. The summed E-state index contributed by atoms with van der Waals surface area (Å²) in [5.41, 5.74) is 6.51. The van der Waals surface area contributed by atoms with Gasteiger partial charge in [-0.15, -0.1) is 0 Å². The minimum atomic E-state index is -0.705. The predicted octanol–water partition coefficient (Wildman–Crippen LogP) is 1.27. The number of carbonyl (C=O) groups excluding carboxylic acids is 1. The molecular formula is C12H17NO3. The molecule has 0 heterocycles. The van der Waals surface area contributed by atoms with Gasteiger partial charge >= 0.3 is 5.97 Å². The van der Waals surface area contributed by atoms with Gasteiger partial charge in [0.2, 0.25) is 0 Å². The summed E-state index contributed by atoms with van der Waals surface area (Å²) >= 11 is 0. The fourth-order valence-corrected chi connectivity index (χ4v) is 1.26. The number of esters is 1. The maximum atomic E-state index is 11.5. The van der Waals surface area contributed by atoms with Crippen LogP contribution in [0.5, 0.6) is 0 Å². The van der Waals surface area contributed by atoms with Gasteiger partial charge in [0.25, 0.3) is 0 Å². The number of nitrogens with two attached hydrogens (primary N) is 1. The van der Waals surface area contributed by atoms with E-state index in [4.69, 9.17) is 15.2 Å². The van der Waals surface area contributed by atoms with Crippen LogP contribution in [0.25, 0.3) is 0 Å². The Morgan fingerprint density at radius 2 is 2.00 bits per heavy atom. The molecule has 1 rings (SSSR count). The van der Waals surface area contributed by atoms with E-state index >= 15 is 0 Å². The van der Waals surface area contributed by atoms with E-state index in [9.17, 15) is 4.79 Å². The van der Waals surface area contributed by atoms with Gasteiger partial charge in [0.1, 0.15) is 6.04 Å². The molecule has 0 aromatic heterocycles. The smallest absolute Gasteiger partial charge is 0.327 e. The number of hydrogen-bond acceptors (Lipinski definition) is 4. The first-order chi connectivity index (χ1) is 7.75. The van der Waals surface area contributed by atoms with Crippen LogP contribution < -0.4 is 5.73 Å². The molecule has 0 aliphatic carbocycles. The predicted molar refractivity (Wildman–Crippen MR) is 60.8 cm³/mol. The Bertz CT molecular complexity index is 313. The first kappa shape index (κ1) is 12.7. The molecule has 0 spiro atoms. The third-order valence-electron chi connectivity index (χ3n) is 2.15. The highest BCUT2D eigenvalue weighted by Crippen LogP contribution is 2.10. The van der Waals surface area contributed by atoms with Gasteiger partial charge in [-0.25, -0.2) is 4.79 Å². The molecule has 0 fully saturated rings. The van der Waals surface area contributed by atoms with Gasteiger partial charge in [-0.3, -0.25) is 0 Å². The number of ether oxygens (including phenoxy) is 2. The van der Waals surface area contributed by atoms with Crippen molar-refractivity contribution in [3.63, 3.8) is 0 Å². The second-order valence-corrected chi connectivity index (χ2v) is 3.40. The van der Waals surface area contributed by atoms with Crippen LogP contribution in [0, 0.1) is 0 Å². The highest BCUT2D eigenvalue weighted by atomic mass is 16.5. The molecule has 0 saturated carbocycles. The first-order valence-corrected chi connectivity index (χ1v) is 5.22. The van der Waals surface area contributed by atoms with Crippen LogP contribution in [0.4, 0.5) is 0 Å². The lowest BCUT2D eigenvalue weighted by molar-refractivity contribution is -0.145. The van der Waals surface area contributed by atoms with Crippen LogP contribution >= 0.6 is 0 Å². The molecule has 1 aromatic rings. The first-order valence-electron chi connectivity index (χ1n) is 5.22. The van der Waals surface area contributed by atoms with Gasteiger partial charge in [-0.2, -0.15) is 0 Å². The van der Waals surface area contributed by atoms with Gasteiger partial charge in [0, 0.05) is 20.1 Å². The van der Waals surface area contributed by atoms with Gasteiger partial charge in [0.05, 0.1) is 6.61 Å². The number of rotatable bonds is 6. The van der Waals surface area contributed by atoms with Crippen molar-refractivity contribution in [2.75, 3.05) is 20.3 Å². The van der Waals surface area contributed by atoms with Gasteiger partial charge in [-0.05, 0) is 5.56 Å². The van der Waals surface area contributed by atoms with E-state index in [-0.39, 0.29) is 0 Å². The molecular weight excluding hydrogens is 206 g/mol. The zero-order chi connectivity index (χ0) is 11.8. The Kier molecular flexibility index (Phi) is 5.53. The van der Waals surface area contributed by atoms with Crippen molar-refractivity contribution < 1.29 is 14.3 Å². The third kappa shape index (κ3) is 4.00. The van der Waals surface area contributed by atoms with Crippen LogP contribution in [0.3, 0.4) is 0 Å². The SMILES string of the molecule is COCCCOC(=O)[C@@H](N)c1ccccc1. The van der Waals surface area contributed by atoms with E-state index < -0.39 is 12.0 Å². The van der Waals surface area contributed by atoms with Crippen molar-refractivity contribution in [3.05, 3.63) is 35.9 Å². The third-order valence-corrected chi connectivity index (χ3v) is 2.15. The monoisotopic (exact) mass is 223 g/mol. The van der Waals surface area contributed by atoms with Crippen LogP contribution in [0.15, 0.2) is 30.3 Å². The molecule has 0 radical (unpaired) electrons. The summed E-state index contributed by atoms with van der Waals surface area (Å²) in [6.45, 7) is 0.918. The summed E-state index contributed by atoms with van der Waals surface area (Å²) in [4.78, 5) is 11.5. The Hall–Kier alpha value is -1.39. The highest BCUT2D eigenvalue weighted by Gasteiger charge is 2.16. The Balaban J connectivity index is 2.37. The molecule has 4 heteroatoms. The van der Waals surface area contributed by atoms with E-state index in [0.29, 0.717) is 19.6 Å². The molecule has 0 saturated heterocycles. The molecule has 0 bridgehead atoms. The highest BCUT2D eigenvalue weighted by molar-refractivity contribution is 5.77. The Morgan fingerprint density at radius 1 is 1.31 bits per heavy atom. The zero-order valence-corrected chi connectivity index (χ0v) is 9.39. The van der Waals surface area contributed by atoms with Crippen molar-refractivity contribution >= 4 is 5.97 Å². The molecule has 1 aromatic carbocycles. The standard InChI is InChI=1S/C12H17NO3/c1-15-8-5-9-16-12(14)11(13)10-6-3-2-4-7-10/h2-4,6-7,11H,5,8-9,13H2,1H3/t11-/m0/s1. The van der Waals surface area contributed by atoms with Gasteiger partial charge in [-0.1, -0.05) is 30.3 Å². The topological polar surface area (TPSA) is 61.5 Å². The maximum absolute atomic E-state index is 11.5. The van der Waals surface area contributed by atoms with E-state index in [2.05, 4.69) is 0 Å². The van der Waals surface area contributed by atoms with Crippen LogP contribution in [-0.2, 0) is 14.3 Å². The number of methoxy groups -OCH3 is 1. The maximum Gasteiger partial charge on any atom is 0.327 e. The number of carbonyl (C=O) groups is 1. The van der Waals surface area contributed by atoms with Crippen LogP contribution in [0.2, 0.25) is 0 Å². The zero-order valence-electron chi connectivity index (χ0n) is 9.39. The molecule has 88 valence electrons. The van der Waals surface area contributed by atoms with Crippen LogP contribution in [0.1, 0.15) is 18.0 Å². The second-order valence-electron chi connectivity index (χ2n) is 3.40. The van der Waals surface area contributed by atoms with Crippen molar-refractivity contribution in [3.8, 4) is 0 Å². The molecule has 4 nitrogen and oxygen atoms in total. The van der Waals surface area contributed by atoms with Crippen molar-refractivity contribution in [2.24, 2.45) is 5.73 Å². The van der Waals surface area contributed by atoms with Gasteiger partial charge < -0.3 is 15.2 Å².